The number of nitrogens with zero attached hydrogens (tertiary/aromatic N) is 3. The molecule has 8 heteroatoms. The van der Waals surface area contributed by atoms with Crippen LogP contribution in [0.15, 0.2) is 70.3 Å². The number of aromatic nitrogens is 1. The van der Waals surface area contributed by atoms with Crippen LogP contribution in [0.1, 0.15) is 17.0 Å². The minimum atomic E-state index is 0. The molecule has 32 heavy (non-hydrogen) atoms. The molecule has 0 saturated carbocycles. The summed E-state index contributed by atoms with van der Waals surface area (Å²) >= 11 is 0. The standard InChI is InChI=1S/C24H31N5O2.HI/c1-29(2)23-8-4-6-20(28-23)18-27-24(26-16-14-22-7-5-17-31-22)25-15-13-19-9-11-21(30-3)12-10-19;/h4-12,17H,13-16,18H2,1-3H3,(H2,25,26,27);1H. The molecule has 2 N–H and O–H groups in total. The van der Waals surface area contributed by atoms with Crippen LogP contribution in [-0.4, -0.2) is 45.2 Å². The van der Waals surface area contributed by atoms with Gasteiger partial charge in [0.05, 0.1) is 25.6 Å². The molecule has 0 amide bonds. The zero-order valence-electron chi connectivity index (χ0n) is 18.9. The van der Waals surface area contributed by atoms with Crippen LogP contribution in [0.2, 0.25) is 0 Å². The Balaban J connectivity index is 0.00000363. The van der Waals surface area contributed by atoms with Gasteiger partial charge in [0.2, 0.25) is 0 Å². The Labute approximate surface area is 207 Å². The molecule has 7 nitrogen and oxygen atoms in total. The molecule has 0 aliphatic carbocycles. The normalized spacial score (nSPS) is 10.9. The van der Waals surface area contributed by atoms with Gasteiger partial charge in [0.25, 0.3) is 0 Å². The van der Waals surface area contributed by atoms with Gasteiger partial charge in [0.1, 0.15) is 17.3 Å². The molecule has 0 atom stereocenters. The number of methoxy groups -OCH3 is 1. The van der Waals surface area contributed by atoms with Gasteiger partial charge in [-0.25, -0.2) is 9.98 Å². The van der Waals surface area contributed by atoms with Crippen molar-refractivity contribution < 1.29 is 9.15 Å². The maximum atomic E-state index is 5.41. The average Bonchev–Trinajstić information content (AvgIpc) is 3.31. The van der Waals surface area contributed by atoms with E-state index in [1.54, 1.807) is 13.4 Å². The number of pyridine rings is 1. The molecule has 172 valence electrons. The van der Waals surface area contributed by atoms with Gasteiger partial charge < -0.3 is 24.7 Å². The van der Waals surface area contributed by atoms with Crippen LogP contribution in [0.3, 0.4) is 0 Å². The van der Waals surface area contributed by atoms with Crippen LogP contribution in [0.5, 0.6) is 5.75 Å². The maximum absolute atomic E-state index is 5.41. The highest BCUT2D eigenvalue weighted by Crippen LogP contribution is 2.11. The monoisotopic (exact) mass is 549 g/mol. The number of guanidine groups is 1. The molecule has 0 aliphatic rings. The number of anilines is 1. The van der Waals surface area contributed by atoms with Gasteiger partial charge in [-0.3, -0.25) is 0 Å². The van der Waals surface area contributed by atoms with Crippen molar-refractivity contribution in [2.24, 2.45) is 4.99 Å². The van der Waals surface area contributed by atoms with Crippen molar-refractivity contribution in [2.45, 2.75) is 19.4 Å². The third-order valence-electron chi connectivity index (χ3n) is 4.76. The highest BCUT2D eigenvalue weighted by Gasteiger charge is 2.03. The van der Waals surface area contributed by atoms with Crippen molar-refractivity contribution in [1.29, 1.82) is 0 Å². The number of ether oxygens (including phenoxy) is 1. The van der Waals surface area contributed by atoms with Crippen LogP contribution >= 0.6 is 24.0 Å². The van der Waals surface area contributed by atoms with Gasteiger partial charge in [-0.05, 0) is 48.4 Å². The molecule has 0 radical (unpaired) electrons. The Morgan fingerprint density at radius 1 is 1.00 bits per heavy atom. The summed E-state index contributed by atoms with van der Waals surface area (Å²) in [4.78, 5) is 11.4. The van der Waals surface area contributed by atoms with Crippen molar-refractivity contribution in [3.05, 3.63) is 77.9 Å². The molecule has 0 unspecified atom stereocenters. The molecule has 0 saturated heterocycles. The molecule has 3 rings (SSSR count). The van der Waals surface area contributed by atoms with E-state index >= 15 is 0 Å². The Hall–Kier alpha value is -2.75. The summed E-state index contributed by atoms with van der Waals surface area (Å²) in [6, 6.07) is 18.0. The topological polar surface area (TPSA) is 74.9 Å². The minimum absolute atomic E-state index is 0. The van der Waals surface area contributed by atoms with E-state index in [-0.39, 0.29) is 24.0 Å². The predicted octanol–water partition coefficient (Wildman–Crippen LogP) is 3.89. The lowest BCUT2D eigenvalue weighted by atomic mass is 10.1. The number of benzene rings is 1. The lowest BCUT2D eigenvalue weighted by Crippen LogP contribution is -2.39. The third-order valence-corrected chi connectivity index (χ3v) is 4.76. The summed E-state index contributed by atoms with van der Waals surface area (Å²) < 4.78 is 10.6. The summed E-state index contributed by atoms with van der Waals surface area (Å²) in [6.45, 7) is 2.00. The van der Waals surface area contributed by atoms with Gasteiger partial charge in [0, 0.05) is 33.6 Å². The van der Waals surface area contributed by atoms with Gasteiger partial charge in [-0.15, -0.1) is 24.0 Å². The van der Waals surface area contributed by atoms with Crippen LogP contribution in [-0.2, 0) is 19.4 Å². The number of hydrogen-bond donors (Lipinski definition) is 2. The fourth-order valence-corrected chi connectivity index (χ4v) is 3.01. The first kappa shape index (κ1) is 25.5. The zero-order chi connectivity index (χ0) is 21.9. The van der Waals surface area contributed by atoms with Crippen molar-refractivity contribution in [1.82, 2.24) is 15.6 Å². The van der Waals surface area contributed by atoms with E-state index in [1.165, 1.54) is 5.56 Å². The van der Waals surface area contributed by atoms with Gasteiger partial charge in [-0.1, -0.05) is 18.2 Å². The second kappa shape index (κ2) is 13.6. The van der Waals surface area contributed by atoms with E-state index in [1.807, 2.05) is 61.5 Å². The molecule has 0 bridgehead atoms. The number of halogens is 1. The highest BCUT2D eigenvalue weighted by molar-refractivity contribution is 14.0. The van der Waals surface area contributed by atoms with E-state index in [2.05, 4.69) is 27.8 Å². The van der Waals surface area contributed by atoms with Crippen molar-refractivity contribution in [3.8, 4) is 5.75 Å². The van der Waals surface area contributed by atoms with Gasteiger partial charge in [0.15, 0.2) is 5.96 Å². The largest absolute Gasteiger partial charge is 0.497 e. The Morgan fingerprint density at radius 2 is 1.75 bits per heavy atom. The third kappa shape index (κ3) is 8.41. The van der Waals surface area contributed by atoms with E-state index in [9.17, 15) is 0 Å². The average molecular weight is 549 g/mol. The Kier molecular flexibility index (Phi) is 10.9. The van der Waals surface area contributed by atoms with Crippen molar-refractivity contribution >= 4 is 35.8 Å². The number of furan rings is 1. The maximum Gasteiger partial charge on any atom is 0.191 e. The molecule has 2 aromatic heterocycles. The lowest BCUT2D eigenvalue weighted by Gasteiger charge is -2.14. The number of nitrogens with one attached hydrogen (secondary N) is 2. The quantitative estimate of drug-likeness (QED) is 0.227. The van der Waals surface area contributed by atoms with Crippen molar-refractivity contribution in [3.63, 3.8) is 0 Å². The molecule has 0 fully saturated rings. The summed E-state index contributed by atoms with van der Waals surface area (Å²) in [5.74, 6) is 3.50. The zero-order valence-corrected chi connectivity index (χ0v) is 21.2. The lowest BCUT2D eigenvalue weighted by molar-refractivity contribution is 0.414. The van der Waals surface area contributed by atoms with Crippen molar-refractivity contribution in [2.75, 3.05) is 39.2 Å². The summed E-state index contributed by atoms with van der Waals surface area (Å²) in [7, 11) is 5.65. The SMILES string of the molecule is COc1ccc(CCNC(=NCc2cccc(N(C)C)n2)NCCc2ccco2)cc1.I. The fraction of sp³-hybridized carbons (Fsp3) is 0.333. The second-order valence-corrected chi connectivity index (χ2v) is 7.33. The molecule has 0 spiro atoms. The van der Waals surface area contributed by atoms with Gasteiger partial charge >= 0.3 is 0 Å². The first-order valence-corrected chi connectivity index (χ1v) is 10.4. The number of hydrogen-bond acceptors (Lipinski definition) is 5. The van der Waals surface area contributed by atoms with E-state index in [0.717, 1.165) is 54.9 Å². The minimum Gasteiger partial charge on any atom is -0.497 e. The highest BCUT2D eigenvalue weighted by atomic mass is 127. The Morgan fingerprint density at radius 3 is 2.41 bits per heavy atom. The van der Waals surface area contributed by atoms with Gasteiger partial charge in [-0.2, -0.15) is 0 Å². The van der Waals surface area contributed by atoms with E-state index in [0.29, 0.717) is 6.54 Å². The number of rotatable bonds is 10. The van der Waals surface area contributed by atoms with E-state index in [4.69, 9.17) is 14.1 Å². The summed E-state index contributed by atoms with van der Waals surface area (Å²) in [5, 5.41) is 6.81. The molecular weight excluding hydrogens is 517 g/mol. The fourth-order valence-electron chi connectivity index (χ4n) is 3.01. The van der Waals surface area contributed by atoms with Crippen LogP contribution in [0.4, 0.5) is 5.82 Å². The summed E-state index contributed by atoms with van der Waals surface area (Å²) in [5.41, 5.74) is 2.16. The molecule has 2 heterocycles. The molecule has 0 aliphatic heterocycles. The van der Waals surface area contributed by atoms with E-state index < -0.39 is 0 Å². The first-order valence-electron chi connectivity index (χ1n) is 10.4. The Bertz CT molecular complexity index is 943. The molecule has 3 aromatic rings. The second-order valence-electron chi connectivity index (χ2n) is 7.33. The van der Waals surface area contributed by atoms with Crippen LogP contribution in [0, 0.1) is 0 Å². The first-order chi connectivity index (χ1) is 15.1. The molecule has 1 aromatic carbocycles. The molecular formula is C24H32IN5O2. The smallest absolute Gasteiger partial charge is 0.191 e. The summed E-state index contributed by atoms with van der Waals surface area (Å²) in [6.07, 6.45) is 3.37. The van der Waals surface area contributed by atoms with Crippen LogP contribution in [0.25, 0.3) is 0 Å². The van der Waals surface area contributed by atoms with Crippen LogP contribution < -0.4 is 20.3 Å². The predicted molar refractivity (Wildman–Crippen MR) is 140 cm³/mol. The number of aliphatic imine (C=N–C) groups is 1.